The van der Waals surface area contributed by atoms with Gasteiger partial charge in [0.25, 0.3) is 0 Å². The summed E-state index contributed by atoms with van der Waals surface area (Å²) >= 11 is 0. The Labute approximate surface area is 322 Å². The van der Waals surface area contributed by atoms with Gasteiger partial charge in [-0.2, -0.15) is 0 Å². The highest BCUT2D eigenvalue weighted by Crippen LogP contribution is 2.76. The smallest absolute Gasteiger partial charge is 0.315 e. The molecule has 4 saturated carbocycles. The van der Waals surface area contributed by atoms with Crippen molar-refractivity contribution in [3.63, 3.8) is 0 Å². The van der Waals surface area contributed by atoms with Crippen LogP contribution in [0.1, 0.15) is 144 Å². The Hall–Kier alpha value is -2.20. The van der Waals surface area contributed by atoms with Crippen molar-refractivity contribution in [1.82, 2.24) is 5.32 Å². The van der Waals surface area contributed by atoms with Crippen molar-refractivity contribution in [2.24, 2.45) is 62.6 Å². The average molecular weight is 726 g/mol. The van der Waals surface area contributed by atoms with Crippen molar-refractivity contribution in [1.29, 1.82) is 0 Å². The zero-order chi connectivity index (χ0) is 38.0. The second-order valence-corrected chi connectivity index (χ2v) is 20.9. The lowest BCUT2D eigenvalue weighted by molar-refractivity contribution is -0.221. The lowest BCUT2D eigenvalue weighted by Crippen LogP contribution is -2.68. The maximum absolute atomic E-state index is 14.7. The van der Waals surface area contributed by atoms with E-state index in [0.717, 1.165) is 36.8 Å². The van der Waals surface area contributed by atoms with Gasteiger partial charge in [-0.25, -0.2) is 4.39 Å². The number of hydrogen-bond donors (Lipinski definition) is 1. The zero-order valence-corrected chi connectivity index (χ0v) is 34.7. The molecule has 53 heavy (non-hydrogen) atoms. The number of carbonyl (C=O) groups is 1. The lowest BCUT2D eigenvalue weighted by atomic mass is 9.33. The van der Waals surface area contributed by atoms with Gasteiger partial charge in [-0.15, -0.1) is 0 Å². The van der Waals surface area contributed by atoms with E-state index in [-0.39, 0.29) is 23.0 Å². The number of allylic oxidation sites excluding steroid dienone is 5. The predicted octanol–water partition coefficient (Wildman–Crippen LogP) is 12.4. The molecule has 6 aliphatic rings. The van der Waals surface area contributed by atoms with E-state index in [9.17, 15) is 9.18 Å². The Morgan fingerprint density at radius 2 is 1.66 bits per heavy atom. The minimum absolute atomic E-state index is 0.0278. The molecule has 1 aromatic rings. The molecule has 0 heterocycles. The fourth-order valence-electron chi connectivity index (χ4n) is 14.6. The monoisotopic (exact) mass is 726 g/mol. The molecule has 4 heteroatoms. The third kappa shape index (κ3) is 6.17. The molecule has 1 aromatic carbocycles. The first-order valence-corrected chi connectivity index (χ1v) is 21.6. The topological polar surface area (TPSA) is 38.3 Å². The zero-order valence-electron chi connectivity index (χ0n) is 34.7. The van der Waals surface area contributed by atoms with Crippen molar-refractivity contribution in [2.75, 3.05) is 13.2 Å². The average Bonchev–Trinajstić information content (AvgIpc) is 3.51. The molecule has 0 aromatic heterocycles. The van der Waals surface area contributed by atoms with Crippen LogP contribution < -0.4 is 5.32 Å². The number of esters is 1. The van der Waals surface area contributed by atoms with E-state index in [4.69, 9.17) is 4.74 Å². The first kappa shape index (κ1) is 39.1. The number of halogens is 1. The number of carbonyl (C=O) groups excluding carboxylic acids is 1. The third-order valence-corrected chi connectivity index (χ3v) is 17.7. The fourth-order valence-corrected chi connectivity index (χ4v) is 14.6. The molecular formula is C49H72FNO2. The predicted molar refractivity (Wildman–Crippen MR) is 217 cm³/mol. The molecule has 0 amide bonds. The van der Waals surface area contributed by atoms with E-state index in [2.05, 4.69) is 79.4 Å². The first-order chi connectivity index (χ1) is 25.1. The molecule has 10 unspecified atom stereocenters. The summed E-state index contributed by atoms with van der Waals surface area (Å²) in [6.07, 6.45) is 19.5. The van der Waals surface area contributed by atoms with Crippen LogP contribution in [0, 0.1) is 62.6 Å². The lowest BCUT2D eigenvalue weighted by Gasteiger charge is -2.72. The Morgan fingerprint density at radius 1 is 0.906 bits per heavy atom. The molecule has 0 saturated heterocycles. The minimum Gasteiger partial charge on any atom is -0.460 e. The molecule has 3 nitrogen and oxygen atoms in total. The van der Waals surface area contributed by atoms with Gasteiger partial charge in [-0.3, -0.25) is 4.79 Å². The van der Waals surface area contributed by atoms with Gasteiger partial charge < -0.3 is 10.1 Å². The van der Waals surface area contributed by atoms with E-state index in [1.54, 1.807) is 0 Å². The van der Waals surface area contributed by atoms with Gasteiger partial charge in [0.15, 0.2) is 0 Å². The van der Waals surface area contributed by atoms with E-state index < -0.39 is 18.1 Å². The summed E-state index contributed by atoms with van der Waals surface area (Å²) in [5, 5.41) is 4.27. The summed E-state index contributed by atoms with van der Waals surface area (Å²) in [5.41, 5.74) is 5.32. The number of benzene rings is 1. The van der Waals surface area contributed by atoms with Crippen LogP contribution in [0.15, 0.2) is 65.8 Å². The Balaban J connectivity index is 1.12. The molecule has 0 bridgehead atoms. The van der Waals surface area contributed by atoms with Gasteiger partial charge in [-0.1, -0.05) is 103 Å². The maximum atomic E-state index is 14.7. The number of rotatable bonds is 10. The third-order valence-electron chi connectivity index (χ3n) is 17.7. The largest absolute Gasteiger partial charge is 0.460 e. The van der Waals surface area contributed by atoms with Crippen LogP contribution >= 0.6 is 0 Å². The quantitative estimate of drug-likeness (QED) is 0.193. The van der Waals surface area contributed by atoms with Crippen molar-refractivity contribution in [2.45, 2.75) is 151 Å². The summed E-state index contributed by atoms with van der Waals surface area (Å²) < 4.78 is 20.4. The molecule has 0 spiro atoms. The summed E-state index contributed by atoms with van der Waals surface area (Å²) in [4.78, 5) is 13.3. The van der Waals surface area contributed by atoms with Crippen LogP contribution in [0.3, 0.4) is 0 Å². The standard InChI is InChI=1S/C49H72FNO2/c1-33(2)22-30-51-49-27-19-37(34(3)4)42(49)39-15-16-41-45(7)23-20-38(44(5,6)40(45)21-24-47(41,9)46(39,8)28-29-49)36-17-25-48(32-50,26-18-36)43(52)53-31-35-13-11-10-12-14-35/h10-14,17,20,33,37,39-42,51H,3,15-16,18-19,21-32H2,1-2,4-9H3. The van der Waals surface area contributed by atoms with Gasteiger partial charge in [0.05, 0.1) is 5.41 Å². The molecule has 10 atom stereocenters. The minimum atomic E-state index is -1.07. The number of fused-ring (bicyclic) bond motifs is 7. The highest BCUT2D eigenvalue weighted by Gasteiger charge is 2.70. The normalized spacial score (nSPS) is 41.7. The van der Waals surface area contributed by atoms with Crippen LogP contribution in [0.2, 0.25) is 0 Å². The van der Waals surface area contributed by atoms with Crippen LogP contribution in [-0.2, 0) is 16.1 Å². The van der Waals surface area contributed by atoms with E-state index in [1.807, 2.05) is 30.3 Å². The number of alkyl halides is 1. The van der Waals surface area contributed by atoms with E-state index in [1.165, 1.54) is 74.5 Å². The van der Waals surface area contributed by atoms with Crippen molar-refractivity contribution < 1.29 is 13.9 Å². The highest BCUT2D eigenvalue weighted by atomic mass is 19.1. The Morgan fingerprint density at radius 3 is 2.32 bits per heavy atom. The number of hydrogen-bond acceptors (Lipinski definition) is 3. The van der Waals surface area contributed by atoms with Gasteiger partial charge in [-0.05, 0) is 171 Å². The van der Waals surface area contributed by atoms with Crippen LogP contribution in [0.25, 0.3) is 0 Å². The van der Waals surface area contributed by atoms with Gasteiger partial charge in [0.2, 0.25) is 0 Å². The Bertz CT molecular complexity index is 1610. The first-order valence-electron chi connectivity index (χ1n) is 21.6. The van der Waals surface area contributed by atoms with Crippen LogP contribution in [-0.4, -0.2) is 24.7 Å². The second-order valence-electron chi connectivity index (χ2n) is 20.9. The van der Waals surface area contributed by atoms with E-state index >= 15 is 0 Å². The SMILES string of the molecule is C=C(C)C1CCC2(NCCC(C)C)CCC3(C)C(CCC4C5(C)CC=C(C6=CCC(CF)(C(=O)OCc7ccccc7)CC6)C(C)(C)C5CCC43C)C12. The molecule has 6 aliphatic carbocycles. The van der Waals surface area contributed by atoms with E-state index in [0.29, 0.717) is 47.3 Å². The van der Waals surface area contributed by atoms with Crippen LogP contribution in [0.5, 0.6) is 0 Å². The van der Waals surface area contributed by atoms with Crippen LogP contribution in [0.4, 0.5) is 4.39 Å². The summed E-state index contributed by atoms with van der Waals surface area (Å²) in [7, 11) is 0. The molecule has 7 rings (SSSR count). The summed E-state index contributed by atoms with van der Waals surface area (Å²) in [6, 6.07) is 9.72. The molecule has 292 valence electrons. The molecule has 0 aliphatic heterocycles. The highest BCUT2D eigenvalue weighted by molar-refractivity contribution is 5.78. The Kier molecular flexibility index (Phi) is 10.4. The van der Waals surface area contributed by atoms with Crippen molar-refractivity contribution in [3.05, 3.63) is 71.3 Å². The summed E-state index contributed by atoms with van der Waals surface area (Å²) in [6.45, 7) is 25.5. The van der Waals surface area contributed by atoms with Gasteiger partial charge >= 0.3 is 5.97 Å². The molecule has 0 radical (unpaired) electrons. The van der Waals surface area contributed by atoms with Crippen molar-refractivity contribution in [3.8, 4) is 0 Å². The number of nitrogens with one attached hydrogen (secondary N) is 1. The fraction of sp³-hybridized carbons (Fsp3) is 0.735. The van der Waals surface area contributed by atoms with Gasteiger partial charge in [0, 0.05) is 5.54 Å². The second kappa shape index (κ2) is 14.1. The van der Waals surface area contributed by atoms with Gasteiger partial charge in [0.1, 0.15) is 13.3 Å². The summed E-state index contributed by atoms with van der Waals surface area (Å²) in [5.74, 6) is 3.74. The van der Waals surface area contributed by atoms with Crippen molar-refractivity contribution >= 4 is 5.97 Å². The maximum Gasteiger partial charge on any atom is 0.315 e. The number of ether oxygens (including phenoxy) is 1. The molecule has 4 fully saturated rings. The molecular weight excluding hydrogens is 654 g/mol. The molecule has 1 N–H and O–H groups in total.